The first-order valence-electron chi connectivity index (χ1n) is 6.71. The number of carbonyl (C=O) groups is 1. The normalized spacial score (nSPS) is 10.1. The van der Waals surface area contributed by atoms with Crippen LogP contribution < -0.4 is 14.2 Å². The van der Waals surface area contributed by atoms with Crippen LogP contribution in [-0.2, 0) is 0 Å². The summed E-state index contributed by atoms with van der Waals surface area (Å²) in [4.78, 5) is 13.5. The first-order chi connectivity index (χ1) is 10.7. The van der Waals surface area contributed by atoms with Crippen molar-refractivity contribution in [3.8, 4) is 17.2 Å². The number of ether oxygens (including phenoxy) is 3. The lowest BCUT2D eigenvalue weighted by atomic mass is 10.1. The van der Waals surface area contributed by atoms with E-state index in [2.05, 4.69) is 0 Å². The summed E-state index contributed by atoms with van der Waals surface area (Å²) in [7, 11) is 4.58. The highest BCUT2D eigenvalue weighted by Gasteiger charge is 2.20. The summed E-state index contributed by atoms with van der Waals surface area (Å²) < 4.78 is 15.9. The van der Waals surface area contributed by atoms with E-state index in [0.717, 1.165) is 4.90 Å². The van der Waals surface area contributed by atoms with E-state index in [1.54, 1.807) is 19.2 Å². The maximum Gasteiger partial charge on any atom is 0.204 e. The first kappa shape index (κ1) is 16.2. The van der Waals surface area contributed by atoms with E-state index in [4.69, 9.17) is 14.2 Å². The largest absolute Gasteiger partial charge is 0.493 e. The van der Waals surface area contributed by atoms with Crippen LogP contribution in [0.5, 0.6) is 17.2 Å². The fraction of sp³-hybridized carbons (Fsp3) is 0.235. The van der Waals surface area contributed by atoms with Crippen LogP contribution in [0.4, 0.5) is 0 Å². The number of benzene rings is 2. The molecule has 0 aliphatic rings. The fourth-order valence-corrected chi connectivity index (χ4v) is 2.87. The van der Waals surface area contributed by atoms with Crippen LogP contribution in [0.3, 0.4) is 0 Å². The second-order valence-electron chi connectivity index (χ2n) is 4.41. The number of methoxy groups -OCH3 is 3. The van der Waals surface area contributed by atoms with Gasteiger partial charge in [0, 0.05) is 4.90 Å². The summed E-state index contributed by atoms with van der Waals surface area (Å²) in [5.74, 6) is 1.68. The van der Waals surface area contributed by atoms with Gasteiger partial charge in [-0.3, -0.25) is 4.79 Å². The van der Waals surface area contributed by atoms with E-state index in [-0.39, 0.29) is 5.78 Å². The van der Waals surface area contributed by atoms with Crippen molar-refractivity contribution < 1.29 is 19.0 Å². The van der Waals surface area contributed by atoms with Crippen molar-refractivity contribution in [1.29, 1.82) is 0 Å². The second kappa shape index (κ2) is 7.75. The Hall–Kier alpha value is -2.14. The van der Waals surface area contributed by atoms with E-state index >= 15 is 0 Å². The molecule has 0 aromatic heterocycles. The Balaban J connectivity index is 2.22. The molecule has 2 aromatic carbocycles. The van der Waals surface area contributed by atoms with E-state index in [1.165, 1.54) is 26.0 Å². The smallest absolute Gasteiger partial charge is 0.204 e. The van der Waals surface area contributed by atoms with Gasteiger partial charge in [0.15, 0.2) is 17.3 Å². The molecule has 0 fully saturated rings. The van der Waals surface area contributed by atoms with Crippen LogP contribution in [0.1, 0.15) is 10.4 Å². The highest BCUT2D eigenvalue weighted by atomic mass is 32.2. The van der Waals surface area contributed by atoms with Gasteiger partial charge in [-0.25, -0.2) is 0 Å². The monoisotopic (exact) mass is 318 g/mol. The van der Waals surface area contributed by atoms with Crippen LogP contribution in [0.2, 0.25) is 0 Å². The predicted molar refractivity (Wildman–Crippen MR) is 87.6 cm³/mol. The molecule has 0 amide bonds. The molecule has 5 heteroatoms. The van der Waals surface area contributed by atoms with Crippen LogP contribution in [-0.4, -0.2) is 32.9 Å². The molecule has 0 saturated carbocycles. The molecule has 0 heterocycles. The zero-order valence-electron chi connectivity index (χ0n) is 12.8. The summed E-state index contributed by atoms with van der Waals surface area (Å²) in [5.41, 5.74) is 0.489. The van der Waals surface area contributed by atoms with Crippen molar-refractivity contribution in [3.05, 3.63) is 48.0 Å². The zero-order valence-corrected chi connectivity index (χ0v) is 13.6. The zero-order chi connectivity index (χ0) is 15.9. The second-order valence-corrected chi connectivity index (χ2v) is 5.46. The van der Waals surface area contributed by atoms with E-state index in [0.29, 0.717) is 28.6 Å². The molecule has 0 radical (unpaired) electrons. The first-order valence-corrected chi connectivity index (χ1v) is 7.69. The quantitative estimate of drug-likeness (QED) is 0.575. The molecule has 0 spiro atoms. The highest BCUT2D eigenvalue weighted by molar-refractivity contribution is 8.00. The summed E-state index contributed by atoms with van der Waals surface area (Å²) in [6, 6.07) is 13.2. The van der Waals surface area contributed by atoms with Gasteiger partial charge in [0.1, 0.15) is 0 Å². The van der Waals surface area contributed by atoms with Crippen LogP contribution in [0, 0.1) is 0 Å². The number of ketones is 1. The van der Waals surface area contributed by atoms with Gasteiger partial charge in [-0.15, -0.1) is 11.8 Å². The van der Waals surface area contributed by atoms with Crippen molar-refractivity contribution in [1.82, 2.24) is 0 Å². The number of hydrogen-bond donors (Lipinski definition) is 0. The van der Waals surface area contributed by atoms with E-state index in [1.807, 2.05) is 30.3 Å². The molecule has 0 aliphatic carbocycles. The molecule has 0 unspecified atom stereocenters. The number of rotatable bonds is 7. The third-order valence-corrected chi connectivity index (χ3v) is 4.13. The van der Waals surface area contributed by atoms with Crippen molar-refractivity contribution >= 4 is 17.5 Å². The molecule has 0 bridgehead atoms. The SMILES string of the molecule is COc1ccc(C(=O)CSc2ccccc2)c(OC)c1OC. The van der Waals surface area contributed by atoms with Gasteiger partial charge < -0.3 is 14.2 Å². The standard InChI is InChI=1S/C17H18O4S/c1-19-15-10-9-13(16(20-2)17(15)21-3)14(18)11-22-12-7-5-4-6-8-12/h4-10H,11H2,1-3H3. The Bertz CT molecular complexity index is 641. The predicted octanol–water partition coefficient (Wildman–Crippen LogP) is 3.69. The lowest BCUT2D eigenvalue weighted by Gasteiger charge is -2.15. The van der Waals surface area contributed by atoms with Gasteiger partial charge in [0.25, 0.3) is 0 Å². The average molecular weight is 318 g/mol. The van der Waals surface area contributed by atoms with Crippen molar-refractivity contribution in [2.24, 2.45) is 0 Å². The van der Waals surface area contributed by atoms with Crippen LogP contribution in [0.25, 0.3) is 0 Å². The molecule has 0 saturated heterocycles. The Labute approximate surface area is 134 Å². The van der Waals surface area contributed by atoms with Gasteiger partial charge >= 0.3 is 0 Å². The fourth-order valence-electron chi connectivity index (χ4n) is 2.06. The lowest BCUT2D eigenvalue weighted by molar-refractivity contribution is 0.101. The van der Waals surface area contributed by atoms with Gasteiger partial charge in [-0.1, -0.05) is 18.2 Å². The van der Waals surface area contributed by atoms with E-state index < -0.39 is 0 Å². The van der Waals surface area contributed by atoms with Crippen molar-refractivity contribution in [2.45, 2.75) is 4.90 Å². The maximum atomic E-state index is 12.5. The Morgan fingerprint density at radius 1 is 0.909 bits per heavy atom. The molecule has 0 aliphatic heterocycles. The molecule has 4 nitrogen and oxygen atoms in total. The van der Waals surface area contributed by atoms with Crippen molar-refractivity contribution in [2.75, 3.05) is 27.1 Å². The molecule has 2 rings (SSSR count). The third-order valence-electron chi connectivity index (χ3n) is 3.12. The third kappa shape index (κ3) is 3.54. The van der Waals surface area contributed by atoms with Gasteiger partial charge in [0.2, 0.25) is 5.75 Å². The highest BCUT2D eigenvalue weighted by Crippen LogP contribution is 2.40. The minimum atomic E-state index is -0.0216. The molecule has 0 N–H and O–H groups in total. The number of thioether (sulfide) groups is 1. The average Bonchev–Trinajstić information content (AvgIpc) is 2.58. The van der Waals surface area contributed by atoms with Gasteiger partial charge in [-0.05, 0) is 24.3 Å². The Morgan fingerprint density at radius 2 is 1.59 bits per heavy atom. The minimum Gasteiger partial charge on any atom is -0.493 e. The summed E-state index contributed by atoms with van der Waals surface area (Å²) in [6.45, 7) is 0. The summed E-state index contributed by atoms with van der Waals surface area (Å²) in [5, 5.41) is 0. The molecular weight excluding hydrogens is 300 g/mol. The molecule has 2 aromatic rings. The topological polar surface area (TPSA) is 44.8 Å². The summed E-state index contributed by atoms with van der Waals surface area (Å²) in [6.07, 6.45) is 0. The molecular formula is C17H18O4S. The summed E-state index contributed by atoms with van der Waals surface area (Å²) >= 11 is 1.49. The maximum absolute atomic E-state index is 12.5. The lowest BCUT2D eigenvalue weighted by Crippen LogP contribution is -2.07. The molecule has 0 atom stereocenters. The van der Waals surface area contributed by atoms with Crippen LogP contribution >= 0.6 is 11.8 Å². The number of Topliss-reactive ketones (excluding diaryl/α,β-unsaturated/α-hetero) is 1. The molecule has 22 heavy (non-hydrogen) atoms. The Kier molecular flexibility index (Phi) is 5.72. The van der Waals surface area contributed by atoms with Crippen LogP contribution in [0.15, 0.2) is 47.4 Å². The minimum absolute atomic E-state index is 0.0216. The van der Waals surface area contributed by atoms with Gasteiger partial charge in [-0.2, -0.15) is 0 Å². The van der Waals surface area contributed by atoms with Crippen molar-refractivity contribution in [3.63, 3.8) is 0 Å². The Morgan fingerprint density at radius 3 is 2.18 bits per heavy atom. The number of carbonyl (C=O) groups excluding carboxylic acids is 1. The number of hydrogen-bond acceptors (Lipinski definition) is 5. The molecule has 116 valence electrons. The van der Waals surface area contributed by atoms with E-state index in [9.17, 15) is 4.79 Å². The van der Waals surface area contributed by atoms with Gasteiger partial charge in [0.05, 0.1) is 32.6 Å².